The molecule has 32 heavy (non-hydrogen) atoms. The van der Waals surface area contributed by atoms with Gasteiger partial charge >= 0.3 is 0 Å². The third-order valence-electron chi connectivity index (χ3n) is 5.00. The third kappa shape index (κ3) is 6.88. The molecule has 0 N–H and O–H groups in total. The van der Waals surface area contributed by atoms with Crippen LogP contribution in [0, 0.1) is 0 Å². The Bertz CT molecular complexity index is 963. The molecule has 0 spiro atoms. The summed E-state index contributed by atoms with van der Waals surface area (Å²) in [6.45, 7) is 4.00. The van der Waals surface area contributed by atoms with Gasteiger partial charge in [-0.2, -0.15) is 0 Å². The normalized spacial score (nSPS) is 10.6. The van der Waals surface area contributed by atoms with Gasteiger partial charge in [0, 0.05) is 16.6 Å². The average molecular weight is 481 g/mol. The molecule has 4 aromatic rings. The molecule has 0 radical (unpaired) electrons. The minimum atomic E-state index is -2.40. The third-order valence-corrected chi connectivity index (χ3v) is 11.4. The fourth-order valence-electron chi connectivity index (χ4n) is 3.15. The molecule has 0 aliphatic heterocycles. The van der Waals surface area contributed by atoms with E-state index in [1.165, 1.54) is 10.6 Å². The van der Waals surface area contributed by atoms with Crippen LogP contribution in [0.15, 0.2) is 121 Å². The second-order valence-corrected chi connectivity index (χ2v) is 15.1. The van der Waals surface area contributed by atoms with Gasteiger partial charge in [-0.3, -0.25) is 0 Å². The Morgan fingerprint density at radius 2 is 0.688 bits per heavy atom. The number of hydrogen-bond donors (Lipinski definition) is 0. The second-order valence-electron chi connectivity index (χ2n) is 7.19. The molecule has 0 aromatic heterocycles. The molecule has 4 rings (SSSR count). The first-order valence-corrected chi connectivity index (χ1v) is 15.2. The lowest BCUT2D eigenvalue weighted by Gasteiger charge is -2.17. The van der Waals surface area contributed by atoms with Crippen molar-refractivity contribution in [2.75, 3.05) is 13.3 Å². The standard InChI is InChI=1S/C13H13OP.C13H13PS.2CH4/c1-15(14,12-8-4-2-5-9-12)13-10-6-3-7-11-13;1-14(15,12-8-4-2-5-9-12)13-10-6-3-7-11-13;;/h2*2-11H,1H3;2*1H4. The van der Waals surface area contributed by atoms with Crippen molar-refractivity contribution in [3.05, 3.63) is 121 Å². The summed E-state index contributed by atoms with van der Waals surface area (Å²) in [5.41, 5.74) is 0. The van der Waals surface area contributed by atoms with Crippen molar-refractivity contribution < 1.29 is 4.57 Å². The van der Waals surface area contributed by atoms with Crippen LogP contribution in [-0.2, 0) is 16.4 Å². The van der Waals surface area contributed by atoms with Crippen LogP contribution in [0.2, 0.25) is 0 Å². The van der Waals surface area contributed by atoms with Crippen LogP contribution in [0.1, 0.15) is 14.9 Å². The molecular formula is C28H34OP2S. The summed E-state index contributed by atoms with van der Waals surface area (Å²) >= 11 is 5.79. The maximum Gasteiger partial charge on any atom is 0.140 e. The number of rotatable bonds is 4. The Hall–Kier alpha value is -2.24. The largest absolute Gasteiger partial charge is 0.314 e. The fourth-order valence-corrected chi connectivity index (χ4v) is 7.44. The first kappa shape index (κ1) is 27.8. The highest BCUT2D eigenvalue weighted by Gasteiger charge is 2.19. The van der Waals surface area contributed by atoms with Crippen molar-refractivity contribution in [1.82, 2.24) is 0 Å². The van der Waals surface area contributed by atoms with Crippen LogP contribution in [-0.4, -0.2) is 13.3 Å². The summed E-state index contributed by atoms with van der Waals surface area (Å²) in [6.07, 6.45) is 0. The topological polar surface area (TPSA) is 17.1 Å². The van der Waals surface area contributed by atoms with Crippen molar-refractivity contribution in [2.24, 2.45) is 0 Å². The van der Waals surface area contributed by atoms with E-state index in [2.05, 4.69) is 55.2 Å². The Morgan fingerprint density at radius 3 is 0.938 bits per heavy atom. The molecule has 0 fully saturated rings. The molecular weight excluding hydrogens is 446 g/mol. The lowest BCUT2D eigenvalue weighted by Crippen LogP contribution is -2.14. The van der Waals surface area contributed by atoms with Gasteiger partial charge < -0.3 is 4.57 Å². The van der Waals surface area contributed by atoms with Gasteiger partial charge in [0.2, 0.25) is 0 Å². The first-order chi connectivity index (χ1) is 14.4. The SMILES string of the molecule is C.C.CP(=O)(c1ccccc1)c1ccccc1.CP(=S)(c1ccccc1)c1ccccc1. The summed E-state index contributed by atoms with van der Waals surface area (Å²) < 4.78 is 12.6. The average Bonchev–Trinajstić information content (AvgIpc) is 2.82. The fraction of sp³-hybridized carbons (Fsp3) is 0.143. The molecule has 0 aliphatic rings. The van der Waals surface area contributed by atoms with Crippen molar-refractivity contribution in [1.29, 1.82) is 0 Å². The first-order valence-electron chi connectivity index (χ1n) is 9.80. The highest BCUT2D eigenvalue weighted by molar-refractivity contribution is 8.21. The van der Waals surface area contributed by atoms with Crippen LogP contribution in [0.4, 0.5) is 0 Å². The summed E-state index contributed by atoms with van der Waals surface area (Å²) in [6, 6.07) is 38.5. The van der Waals surface area contributed by atoms with E-state index in [9.17, 15) is 4.57 Å². The van der Waals surface area contributed by atoms with Gasteiger partial charge in [-0.1, -0.05) is 148 Å². The Kier molecular flexibility index (Phi) is 11.0. The van der Waals surface area contributed by atoms with E-state index in [4.69, 9.17) is 11.8 Å². The highest BCUT2D eigenvalue weighted by Crippen LogP contribution is 2.39. The molecule has 168 valence electrons. The summed E-state index contributed by atoms with van der Waals surface area (Å²) in [4.78, 5) is 0. The maximum atomic E-state index is 12.6. The molecule has 4 aromatic carbocycles. The van der Waals surface area contributed by atoms with Crippen molar-refractivity contribution in [3.8, 4) is 0 Å². The zero-order valence-electron chi connectivity index (χ0n) is 17.3. The van der Waals surface area contributed by atoms with Gasteiger partial charge in [-0.05, 0) is 23.9 Å². The predicted octanol–water partition coefficient (Wildman–Crippen LogP) is 6.65. The molecule has 0 heterocycles. The van der Waals surface area contributed by atoms with Gasteiger partial charge in [0.1, 0.15) is 7.14 Å². The summed E-state index contributed by atoms with van der Waals surface area (Å²) in [7, 11) is -2.40. The van der Waals surface area contributed by atoms with E-state index in [0.717, 1.165) is 10.6 Å². The smallest absolute Gasteiger partial charge is 0.140 e. The molecule has 4 heteroatoms. The minimum absolute atomic E-state index is 0. The van der Waals surface area contributed by atoms with E-state index in [-0.39, 0.29) is 14.9 Å². The van der Waals surface area contributed by atoms with Crippen molar-refractivity contribution in [2.45, 2.75) is 14.9 Å². The van der Waals surface area contributed by atoms with Gasteiger partial charge in [0.05, 0.1) is 0 Å². The minimum Gasteiger partial charge on any atom is -0.314 e. The summed E-state index contributed by atoms with van der Waals surface area (Å²) in [5.74, 6) is 0. The highest BCUT2D eigenvalue weighted by atomic mass is 32.4. The molecule has 0 saturated carbocycles. The van der Waals surface area contributed by atoms with Gasteiger partial charge in [-0.15, -0.1) is 0 Å². The number of hydrogen-bond acceptors (Lipinski definition) is 2. The Labute approximate surface area is 199 Å². The van der Waals surface area contributed by atoms with E-state index < -0.39 is 13.2 Å². The van der Waals surface area contributed by atoms with E-state index >= 15 is 0 Å². The molecule has 0 atom stereocenters. The lowest BCUT2D eigenvalue weighted by molar-refractivity contribution is 0.590. The summed E-state index contributed by atoms with van der Waals surface area (Å²) in [5, 5.41) is 4.39. The van der Waals surface area contributed by atoms with Crippen LogP contribution in [0.3, 0.4) is 0 Å². The van der Waals surface area contributed by atoms with Crippen LogP contribution >= 0.6 is 13.2 Å². The van der Waals surface area contributed by atoms with E-state index in [1.54, 1.807) is 0 Å². The Morgan fingerprint density at radius 1 is 0.469 bits per heavy atom. The van der Waals surface area contributed by atoms with Crippen LogP contribution in [0.5, 0.6) is 0 Å². The molecule has 0 bridgehead atoms. The maximum absolute atomic E-state index is 12.6. The zero-order valence-corrected chi connectivity index (χ0v) is 19.9. The number of benzene rings is 4. The van der Waals surface area contributed by atoms with Gasteiger partial charge in [-0.25, -0.2) is 0 Å². The molecule has 0 unspecified atom stereocenters. The lowest BCUT2D eigenvalue weighted by atomic mass is 10.4. The quantitative estimate of drug-likeness (QED) is 0.304. The molecule has 0 aliphatic carbocycles. The second kappa shape index (κ2) is 12.7. The van der Waals surface area contributed by atoms with Gasteiger partial charge in [0.15, 0.2) is 0 Å². The molecule has 0 saturated heterocycles. The predicted molar refractivity (Wildman–Crippen MR) is 152 cm³/mol. The molecule has 1 nitrogen and oxygen atoms in total. The van der Waals surface area contributed by atoms with Gasteiger partial charge in [0.25, 0.3) is 0 Å². The van der Waals surface area contributed by atoms with E-state index in [1.807, 2.05) is 79.5 Å². The van der Waals surface area contributed by atoms with Crippen molar-refractivity contribution >= 4 is 46.2 Å². The van der Waals surface area contributed by atoms with E-state index in [0.29, 0.717) is 0 Å². The van der Waals surface area contributed by atoms with Crippen LogP contribution < -0.4 is 21.2 Å². The zero-order chi connectivity index (χ0) is 21.5. The van der Waals surface area contributed by atoms with Crippen LogP contribution in [0.25, 0.3) is 0 Å². The van der Waals surface area contributed by atoms with Crippen molar-refractivity contribution in [3.63, 3.8) is 0 Å². The Balaban J connectivity index is 0.000000301. The molecule has 0 amide bonds. The monoisotopic (exact) mass is 480 g/mol.